The van der Waals surface area contributed by atoms with E-state index in [1.807, 2.05) is 24.3 Å². The van der Waals surface area contributed by atoms with Crippen LogP contribution in [0.3, 0.4) is 0 Å². The topological polar surface area (TPSA) is 46.5 Å². The molecule has 1 aromatic carbocycles. The predicted molar refractivity (Wildman–Crippen MR) is 88.6 cm³/mol. The molecule has 124 valence electrons. The van der Waals surface area contributed by atoms with Crippen LogP contribution in [0.5, 0.6) is 0 Å². The molecule has 4 heteroatoms. The van der Waals surface area contributed by atoms with Gasteiger partial charge in [-0.1, -0.05) is 36.4 Å². The molecule has 3 rings (SSSR count). The highest BCUT2D eigenvalue weighted by Crippen LogP contribution is 2.38. The Bertz CT molecular complexity index is 608. The number of likely N-dealkylation sites (N-methyl/N-ethyl adjacent to an activating group) is 1. The lowest BCUT2D eigenvalue weighted by atomic mass is 9.85. The lowest BCUT2D eigenvalue weighted by molar-refractivity contribution is -0.879. The van der Waals surface area contributed by atoms with Crippen LogP contribution in [0.1, 0.15) is 31.2 Å². The fraction of sp³-hybridized carbons (Fsp3) is 0.526. The number of nitrogens with zero attached hydrogens (tertiary/aromatic N) is 1. The molecule has 1 heterocycles. The molecule has 0 saturated carbocycles. The molecular formula is C19H26NO3+. The first-order chi connectivity index (χ1) is 10.9. The number of aliphatic hydroxyl groups is 1. The van der Waals surface area contributed by atoms with Crippen molar-refractivity contribution in [2.75, 3.05) is 27.2 Å². The predicted octanol–water partition coefficient (Wildman–Crippen LogP) is 2.38. The molecule has 1 N–H and O–H groups in total. The standard InChI is InChI=1S/C19H26NO3/c1-20(2)13-12-17(14-20)23-18(21)19(22,16-10-6-7-11-16)15-8-4-3-5-9-15/h3-5,8-10,17,22H,6-7,11-14H2,1-2H3/q+1. The van der Waals surface area contributed by atoms with Gasteiger partial charge in [-0.25, -0.2) is 4.79 Å². The van der Waals surface area contributed by atoms with E-state index >= 15 is 0 Å². The van der Waals surface area contributed by atoms with Gasteiger partial charge in [0.25, 0.3) is 0 Å². The van der Waals surface area contributed by atoms with Crippen molar-refractivity contribution in [2.45, 2.75) is 37.4 Å². The van der Waals surface area contributed by atoms with Gasteiger partial charge in [-0.2, -0.15) is 0 Å². The zero-order valence-electron chi connectivity index (χ0n) is 14.0. The Labute approximate surface area is 138 Å². The molecule has 0 aromatic heterocycles. The van der Waals surface area contributed by atoms with Crippen molar-refractivity contribution in [1.29, 1.82) is 0 Å². The summed E-state index contributed by atoms with van der Waals surface area (Å²) in [5, 5.41) is 11.3. The zero-order valence-corrected chi connectivity index (χ0v) is 14.0. The molecule has 1 aromatic rings. The van der Waals surface area contributed by atoms with Crippen LogP contribution in [0, 0.1) is 0 Å². The summed E-state index contributed by atoms with van der Waals surface area (Å²) < 4.78 is 6.59. The highest BCUT2D eigenvalue weighted by molar-refractivity contribution is 5.85. The minimum absolute atomic E-state index is 0.116. The SMILES string of the molecule is C[N+]1(C)CCC(OC(=O)C(O)(C2=CCCC2)c2ccccc2)C1. The van der Waals surface area contributed by atoms with Gasteiger partial charge in [0, 0.05) is 6.42 Å². The Hall–Kier alpha value is -1.65. The quantitative estimate of drug-likeness (QED) is 0.527. The molecule has 0 spiro atoms. The number of allylic oxidation sites excluding steroid dienone is 1. The van der Waals surface area contributed by atoms with Crippen molar-refractivity contribution >= 4 is 5.97 Å². The van der Waals surface area contributed by atoms with E-state index in [2.05, 4.69) is 14.1 Å². The second-order valence-corrected chi connectivity index (χ2v) is 7.36. The Kier molecular flexibility index (Phi) is 4.30. The van der Waals surface area contributed by atoms with Gasteiger partial charge in [0.15, 0.2) is 6.10 Å². The number of quaternary nitrogens is 1. The van der Waals surface area contributed by atoms with Gasteiger partial charge < -0.3 is 14.3 Å². The van der Waals surface area contributed by atoms with Crippen LogP contribution in [-0.2, 0) is 15.1 Å². The maximum atomic E-state index is 12.9. The van der Waals surface area contributed by atoms with Crippen LogP contribution in [-0.4, -0.2) is 48.8 Å². The van der Waals surface area contributed by atoms with E-state index in [1.54, 1.807) is 12.1 Å². The van der Waals surface area contributed by atoms with E-state index < -0.39 is 11.6 Å². The van der Waals surface area contributed by atoms with E-state index in [4.69, 9.17) is 4.74 Å². The fourth-order valence-electron chi connectivity index (χ4n) is 3.67. The number of carbonyl (C=O) groups is 1. The average molecular weight is 316 g/mol. The molecule has 0 amide bonds. The van der Waals surface area contributed by atoms with Gasteiger partial charge in [-0.3, -0.25) is 0 Å². The third-order valence-electron chi connectivity index (χ3n) is 5.02. The van der Waals surface area contributed by atoms with Crippen molar-refractivity contribution in [2.24, 2.45) is 0 Å². The maximum absolute atomic E-state index is 12.9. The molecule has 2 unspecified atom stereocenters. The van der Waals surface area contributed by atoms with Crippen molar-refractivity contribution in [1.82, 2.24) is 0 Å². The summed E-state index contributed by atoms with van der Waals surface area (Å²) in [5.41, 5.74) is -0.261. The van der Waals surface area contributed by atoms with Crippen LogP contribution in [0.15, 0.2) is 42.0 Å². The molecule has 4 nitrogen and oxygen atoms in total. The summed E-state index contributed by atoms with van der Waals surface area (Å²) in [6, 6.07) is 9.18. The van der Waals surface area contributed by atoms with Gasteiger partial charge in [0.05, 0.1) is 20.6 Å². The minimum atomic E-state index is -1.64. The molecule has 1 saturated heterocycles. The summed E-state index contributed by atoms with van der Waals surface area (Å²) in [7, 11) is 4.27. The Morgan fingerprint density at radius 2 is 2.04 bits per heavy atom. The highest BCUT2D eigenvalue weighted by atomic mass is 16.6. The first-order valence-corrected chi connectivity index (χ1v) is 8.42. The number of benzene rings is 1. The van der Waals surface area contributed by atoms with E-state index in [0.717, 1.165) is 48.8 Å². The molecule has 0 radical (unpaired) electrons. The van der Waals surface area contributed by atoms with E-state index in [1.165, 1.54) is 0 Å². The summed E-state index contributed by atoms with van der Waals surface area (Å²) >= 11 is 0. The number of esters is 1. The van der Waals surface area contributed by atoms with Crippen molar-refractivity contribution < 1.29 is 19.1 Å². The number of ether oxygens (including phenoxy) is 1. The van der Waals surface area contributed by atoms with Crippen molar-refractivity contribution in [3.05, 3.63) is 47.5 Å². The van der Waals surface area contributed by atoms with Crippen molar-refractivity contribution in [3.63, 3.8) is 0 Å². The van der Waals surface area contributed by atoms with Gasteiger partial charge >= 0.3 is 5.97 Å². The second-order valence-electron chi connectivity index (χ2n) is 7.36. The number of hydrogen-bond acceptors (Lipinski definition) is 3. The van der Waals surface area contributed by atoms with Crippen molar-refractivity contribution in [3.8, 4) is 0 Å². The monoisotopic (exact) mass is 316 g/mol. The fourth-order valence-corrected chi connectivity index (χ4v) is 3.67. The molecule has 1 aliphatic carbocycles. The maximum Gasteiger partial charge on any atom is 0.347 e. The summed E-state index contributed by atoms with van der Waals surface area (Å²) in [5.74, 6) is -0.524. The third-order valence-corrected chi connectivity index (χ3v) is 5.02. The molecule has 1 fully saturated rings. The Morgan fingerprint density at radius 3 is 2.61 bits per heavy atom. The number of hydrogen-bond donors (Lipinski definition) is 1. The molecule has 0 bridgehead atoms. The van der Waals surface area contributed by atoms with Crippen LogP contribution < -0.4 is 0 Å². The van der Waals surface area contributed by atoms with Crippen LogP contribution >= 0.6 is 0 Å². The summed E-state index contributed by atoms with van der Waals surface area (Å²) in [4.78, 5) is 12.9. The number of rotatable bonds is 4. The van der Waals surface area contributed by atoms with Crippen LogP contribution in [0.4, 0.5) is 0 Å². The average Bonchev–Trinajstić information content (AvgIpc) is 3.17. The molecule has 2 aliphatic rings. The number of carbonyl (C=O) groups excluding carboxylic acids is 1. The van der Waals surface area contributed by atoms with E-state index in [0.29, 0.717) is 5.56 Å². The van der Waals surface area contributed by atoms with Gasteiger partial charge in [0.1, 0.15) is 6.54 Å². The van der Waals surface area contributed by atoms with Gasteiger partial charge in [-0.05, 0) is 30.4 Å². The van der Waals surface area contributed by atoms with Gasteiger partial charge in [-0.15, -0.1) is 0 Å². The lowest BCUT2D eigenvalue weighted by Crippen LogP contribution is -2.43. The van der Waals surface area contributed by atoms with Crippen LogP contribution in [0.25, 0.3) is 0 Å². The second kappa shape index (κ2) is 6.10. The molecular weight excluding hydrogens is 290 g/mol. The Balaban J connectivity index is 1.85. The molecule has 2 atom stereocenters. The molecule has 23 heavy (non-hydrogen) atoms. The van der Waals surface area contributed by atoms with E-state index in [-0.39, 0.29) is 6.10 Å². The lowest BCUT2D eigenvalue weighted by Gasteiger charge is -2.29. The van der Waals surface area contributed by atoms with Gasteiger partial charge in [0.2, 0.25) is 5.60 Å². The minimum Gasteiger partial charge on any atom is -0.453 e. The van der Waals surface area contributed by atoms with Crippen LogP contribution in [0.2, 0.25) is 0 Å². The summed E-state index contributed by atoms with van der Waals surface area (Å²) in [6.07, 6.45) is 5.35. The third kappa shape index (κ3) is 3.19. The number of likely N-dealkylation sites (tertiary alicyclic amines) is 1. The first-order valence-electron chi connectivity index (χ1n) is 8.42. The molecule has 1 aliphatic heterocycles. The first kappa shape index (κ1) is 16.2. The highest BCUT2D eigenvalue weighted by Gasteiger charge is 2.46. The smallest absolute Gasteiger partial charge is 0.347 e. The Morgan fingerprint density at radius 1 is 1.30 bits per heavy atom. The van der Waals surface area contributed by atoms with E-state index in [9.17, 15) is 9.90 Å². The normalized spacial score (nSPS) is 25.7. The zero-order chi connectivity index (χ0) is 16.5. The largest absolute Gasteiger partial charge is 0.453 e. The summed E-state index contributed by atoms with van der Waals surface area (Å²) in [6.45, 7) is 1.79.